The number of thiazole rings is 1. The van der Waals surface area contributed by atoms with Gasteiger partial charge in [-0.1, -0.05) is 53.8 Å². The number of fused-ring (bicyclic) bond motifs is 1. The van der Waals surface area contributed by atoms with Gasteiger partial charge in [0.1, 0.15) is 17.3 Å². The molecular weight excluding hydrogens is 476 g/mol. The van der Waals surface area contributed by atoms with Crippen molar-refractivity contribution >= 4 is 29.1 Å². The van der Waals surface area contributed by atoms with E-state index in [1.165, 1.54) is 11.3 Å². The van der Waals surface area contributed by atoms with Gasteiger partial charge in [0.15, 0.2) is 4.80 Å². The molecule has 36 heavy (non-hydrogen) atoms. The number of esters is 1. The van der Waals surface area contributed by atoms with E-state index in [0.29, 0.717) is 37.7 Å². The predicted octanol–water partition coefficient (Wildman–Crippen LogP) is 3.85. The summed E-state index contributed by atoms with van der Waals surface area (Å²) in [6.07, 6.45) is 1.70. The van der Waals surface area contributed by atoms with Gasteiger partial charge >= 0.3 is 5.97 Å². The molecule has 0 saturated heterocycles. The van der Waals surface area contributed by atoms with Crippen molar-refractivity contribution in [3.8, 4) is 5.75 Å². The number of benzene rings is 2. The average molecular weight is 501 g/mol. The van der Waals surface area contributed by atoms with Crippen molar-refractivity contribution in [3.63, 3.8) is 0 Å². The van der Waals surface area contributed by atoms with Gasteiger partial charge in [0, 0.05) is 11.6 Å². The molecule has 0 aliphatic carbocycles. The van der Waals surface area contributed by atoms with Crippen molar-refractivity contribution in [2.75, 3.05) is 13.7 Å². The first-order valence-corrected chi connectivity index (χ1v) is 12.3. The van der Waals surface area contributed by atoms with Gasteiger partial charge in [0.05, 0.1) is 35.6 Å². The maximum absolute atomic E-state index is 13.8. The van der Waals surface area contributed by atoms with Crippen LogP contribution in [0.1, 0.15) is 35.6 Å². The number of ether oxygens (including phenoxy) is 2. The molecule has 1 aliphatic heterocycles. The average Bonchev–Trinajstić information content (AvgIpc) is 3.45. The van der Waals surface area contributed by atoms with E-state index in [4.69, 9.17) is 18.9 Å². The second kappa shape index (κ2) is 9.83. The molecule has 2 aromatic heterocycles. The van der Waals surface area contributed by atoms with E-state index in [0.717, 1.165) is 11.3 Å². The number of aromatic nitrogens is 1. The molecule has 0 spiro atoms. The fourth-order valence-corrected chi connectivity index (χ4v) is 5.21. The minimum Gasteiger partial charge on any atom is -0.497 e. The van der Waals surface area contributed by atoms with E-state index in [2.05, 4.69) is 0 Å². The highest BCUT2D eigenvalue weighted by atomic mass is 32.1. The summed E-state index contributed by atoms with van der Waals surface area (Å²) in [5.74, 6) is 1.41. The highest BCUT2D eigenvalue weighted by Crippen LogP contribution is 2.36. The summed E-state index contributed by atoms with van der Waals surface area (Å²) in [5, 5.41) is 0. The van der Waals surface area contributed by atoms with Crippen LogP contribution in [0, 0.1) is 6.92 Å². The Morgan fingerprint density at radius 1 is 1.14 bits per heavy atom. The van der Waals surface area contributed by atoms with Crippen molar-refractivity contribution in [3.05, 3.63) is 115 Å². The molecule has 0 fully saturated rings. The zero-order valence-electron chi connectivity index (χ0n) is 20.1. The summed E-state index contributed by atoms with van der Waals surface area (Å²) in [5.41, 5.74) is 1.97. The quantitative estimate of drug-likeness (QED) is 0.376. The fraction of sp³-hybridized carbons (Fsp3) is 0.179. The summed E-state index contributed by atoms with van der Waals surface area (Å²) in [4.78, 5) is 32.5. The number of furan rings is 1. The third kappa shape index (κ3) is 4.31. The molecule has 0 saturated carbocycles. The lowest BCUT2D eigenvalue weighted by Crippen LogP contribution is -2.40. The van der Waals surface area contributed by atoms with E-state index >= 15 is 0 Å². The van der Waals surface area contributed by atoms with E-state index in [-0.39, 0.29) is 12.2 Å². The Morgan fingerprint density at radius 2 is 1.94 bits per heavy atom. The molecule has 5 rings (SSSR count). The van der Waals surface area contributed by atoms with Crippen LogP contribution >= 0.6 is 11.3 Å². The Labute approximate surface area is 211 Å². The number of rotatable bonds is 6. The lowest BCUT2D eigenvalue weighted by atomic mass is 9.93. The fourth-order valence-electron chi connectivity index (χ4n) is 4.23. The standard InChI is InChI=1S/C28H24N2O5S/c1-4-34-27(32)23-24(18-9-6-5-7-10-18)29-28-30(25(23)19-11-8-12-20(15-19)33-3)26(31)22(36-28)16-21-14-13-17(2)35-21/h5-16,25H,4H2,1-3H3/b22-16+/t25-/m1/s1. The van der Waals surface area contributed by atoms with Gasteiger partial charge in [-0.2, -0.15) is 0 Å². The van der Waals surface area contributed by atoms with Crippen LogP contribution in [-0.4, -0.2) is 24.3 Å². The van der Waals surface area contributed by atoms with Gasteiger partial charge in [-0.05, 0) is 43.7 Å². The van der Waals surface area contributed by atoms with Crippen LogP contribution in [0.15, 0.2) is 86.5 Å². The molecule has 1 aliphatic rings. The van der Waals surface area contributed by atoms with Crippen LogP contribution in [0.3, 0.4) is 0 Å². The molecule has 1 atom stereocenters. The van der Waals surface area contributed by atoms with Gasteiger partial charge in [-0.25, -0.2) is 9.79 Å². The van der Waals surface area contributed by atoms with Crippen LogP contribution in [0.5, 0.6) is 5.75 Å². The van der Waals surface area contributed by atoms with E-state index in [9.17, 15) is 9.59 Å². The smallest absolute Gasteiger partial charge is 0.338 e. The Bertz CT molecular complexity index is 1640. The van der Waals surface area contributed by atoms with Crippen LogP contribution in [0.25, 0.3) is 11.8 Å². The van der Waals surface area contributed by atoms with Crippen LogP contribution in [0.4, 0.5) is 0 Å². The molecule has 0 N–H and O–H groups in total. The molecule has 0 bridgehead atoms. The van der Waals surface area contributed by atoms with E-state index in [1.54, 1.807) is 24.7 Å². The third-order valence-electron chi connectivity index (χ3n) is 5.82. The van der Waals surface area contributed by atoms with Crippen LogP contribution in [0.2, 0.25) is 0 Å². The molecule has 3 heterocycles. The lowest BCUT2D eigenvalue weighted by Gasteiger charge is -2.26. The summed E-state index contributed by atoms with van der Waals surface area (Å²) in [6, 6.07) is 19.7. The Balaban J connectivity index is 1.84. The molecule has 0 amide bonds. The summed E-state index contributed by atoms with van der Waals surface area (Å²) >= 11 is 1.25. The number of carbonyl (C=O) groups excluding carboxylic acids is 1. The minimum atomic E-state index is -0.758. The zero-order chi connectivity index (χ0) is 25.2. The summed E-state index contributed by atoms with van der Waals surface area (Å²) < 4.78 is 18.6. The molecule has 4 aromatic rings. The number of nitrogens with zero attached hydrogens (tertiary/aromatic N) is 2. The highest BCUT2D eigenvalue weighted by molar-refractivity contribution is 7.07. The number of carbonyl (C=O) groups is 1. The minimum absolute atomic E-state index is 0.192. The molecular formula is C28H24N2O5S. The molecule has 182 valence electrons. The predicted molar refractivity (Wildman–Crippen MR) is 137 cm³/mol. The number of aryl methyl sites for hydroxylation is 1. The second-order valence-corrected chi connectivity index (χ2v) is 9.17. The zero-order valence-corrected chi connectivity index (χ0v) is 20.9. The third-order valence-corrected chi connectivity index (χ3v) is 6.80. The van der Waals surface area contributed by atoms with E-state index < -0.39 is 12.0 Å². The second-order valence-electron chi connectivity index (χ2n) is 8.16. The Hall–Kier alpha value is -4.17. The van der Waals surface area contributed by atoms with Crippen molar-refractivity contribution in [2.24, 2.45) is 4.99 Å². The first-order chi connectivity index (χ1) is 17.5. The van der Waals surface area contributed by atoms with Crippen molar-refractivity contribution in [1.29, 1.82) is 0 Å². The maximum atomic E-state index is 13.8. The topological polar surface area (TPSA) is 83.0 Å². The van der Waals surface area contributed by atoms with Gasteiger partial charge in [-0.15, -0.1) is 0 Å². The number of hydrogen-bond acceptors (Lipinski definition) is 7. The van der Waals surface area contributed by atoms with Crippen molar-refractivity contribution in [2.45, 2.75) is 19.9 Å². The Kier molecular flexibility index (Phi) is 6.43. The summed E-state index contributed by atoms with van der Waals surface area (Å²) in [7, 11) is 1.58. The molecule has 7 nitrogen and oxygen atoms in total. The largest absolute Gasteiger partial charge is 0.497 e. The van der Waals surface area contributed by atoms with Crippen LogP contribution in [-0.2, 0) is 9.53 Å². The highest BCUT2D eigenvalue weighted by Gasteiger charge is 2.35. The van der Waals surface area contributed by atoms with Crippen LogP contribution < -0.4 is 19.6 Å². The lowest BCUT2D eigenvalue weighted by molar-refractivity contribution is -0.138. The van der Waals surface area contributed by atoms with E-state index in [1.807, 2.05) is 73.7 Å². The molecule has 8 heteroatoms. The Morgan fingerprint density at radius 3 is 2.64 bits per heavy atom. The first-order valence-electron chi connectivity index (χ1n) is 11.5. The van der Waals surface area contributed by atoms with Gasteiger partial charge in [-0.3, -0.25) is 9.36 Å². The monoisotopic (exact) mass is 500 g/mol. The number of hydrogen-bond donors (Lipinski definition) is 0. The SMILES string of the molecule is CCOC(=O)C1=C(c2ccccc2)N=c2s/c(=C/c3ccc(C)o3)c(=O)n2[C@@H]1c1cccc(OC)c1. The molecule has 2 aromatic carbocycles. The molecule has 0 radical (unpaired) electrons. The maximum Gasteiger partial charge on any atom is 0.338 e. The number of methoxy groups -OCH3 is 1. The van der Waals surface area contributed by atoms with Gasteiger partial charge < -0.3 is 13.9 Å². The van der Waals surface area contributed by atoms with Gasteiger partial charge in [0.2, 0.25) is 0 Å². The molecule has 0 unspecified atom stereocenters. The van der Waals surface area contributed by atoms with Crippen molar-refractivity contribution in [1.82, 2.24) is 4.57 Å². The van der Waals surface area contributed by atoms with Gasteiger partial charge in [0.25, 0.3) is 5.56 Å². The summed E-state index contributed by atoms with van der Waals surface area (Å²) in [6.45, 7) is 3.79. The van der Waals surface area contributed by atoms with Crippen molar-refractivity contribution < 1.29 is 18.7 Å². The normalized spacial score (nSPS) is 15.4. The first kappa shape index (κ1) is 23.6.